The number of aryl methyl sites for hydroxylation is 2. The molecule has 0 aliphatic heterocycles. The molecule has 8 heteroatoms. The molecule has 1 aromatic rings. The highest BCUT2D eigenvalue weighted by Gasteiger charge is 2.19. The van der Waals surface area contributed by atoms with Gasteiger partial charge in [-0.1, -0.05) is 0 Å². The maximum Gasteiger partial charge on any atom is 0.410 e. The van der Waals surface area contributed by atoms with Gasteiger partial charge in [-0.2, -0.15) is 5.10 Å². The van der Waals surface area contributed by atoms with Gasteiger partial charge in [0.15, 0.2) is 5.96 Å². The van der Waals surface area contributed by atoms with E-state index in [0.717, 1.165) is 17.0 Å². The Morgan fingerprint density at radius 3 is 2.44 bits per heavy atom. The molecule has 0 aliphatic rings. The number of amides is 1. The molecule has 0 aromatic carbocycles. The summed E-state index contributed by atoms with van der Waals surface area (Å²) in [5.41, 5.74) is 2.81. The van der Waals surface area contributed by atoms with Crippen LogP contribution in [0.25, 0.3) is 0 Å². The second-order valence-electron chi connectivity index (χ2n) is 7.03. The summed E-state index contributed by atoms with van der Waals surface area (Å²) in [7, 11) is 5.37. The summed E-state index contributed by atoms with van der Waals surface area (Å²) < 4.78 is 7.19. The number of ether oxygens (including phenoxy) is 1. The number of nitrogens with zero attached hydrogens (tertiary/aromatic N) is 4. The molecule has 2 N–H and O–H groups in total. The summed E-state index contributed by atoms with van der Waals surface area (Å²) in [5, 5.41) is 10.9. The van der Waals surface area contributed by atoms with Crippen molar-refractivity contribution in [2.45, 2.75) is 46.8 Å². The van der Waals surface area contributed by atoms with Crippen molar-refractivity contribution in [1.29, 1.82) is 0 Å². The molecule has 1 aromatic heterocycles. The predicted molar refractivity (Wildman–Crippen MR) is 99.7 cm³/mol. The molecule has 8 nitrogen and oxygen atoms in total. The van der Waals surface area contributed by atoms with Gasteiger partial charge in [-0.05, 0) is 34.6 Å². The van der Waals surface area contributed by atoms with E-state index in [0.29, 0.717) is 25.6 Å². The standard InChI is InChI=1S/C17H32N6O2/c1-12-14(13(2)23(8)21-12)11-20-15(18-6)19-9-10-22(7)16(24)25-17(3,4)5/h9-11H2,1-8H3,(H2,18,19,20). The molecule has 1 rings (SSSR count). The third-order valence-corrected chi connectivity index (χ3v) is 3.76. The van der Waals surface area contributed by atoms with E-state index >= 15 is 0 Å². The van der Waals surface area contributed by atoms with Crippen molar-refractivity contribution in [3.8, 4) is 0 Å². The van der Waals surface area contributed by atoms with Crippen LogP contribution in [0, 0.1) is 13.8 Å². The van der Waals surface area contributed by atoms with Gasteiger partial charge in [0.05, 0.1) is 5.69 Å². The number of carbonyl (C=O) groups is 1. The minimum atomic E-state index is -0.490. The van der Waals surface area contributed by atoms with Gasteiger partial charge in [0.2, 0.25) is 0 Å². The number of aromatic nitrogens is 2. The molecule has 0 unspecified atom stereocenters. The van der Waals surface area contributed by atoms with Crippen LogP contribution in [0.1, 0.15) is 37.7 Å². The molecule has 0 bridgehead atoms. The lowest BCUT2D eigenvalue weighted by atomic mass is 10.2. The highest BCUT2D eigenvalue weighted by atomic mass is 16.6. The topological polar surface area (TPSA) is 83.8 Å². The number of hydrogen-bond acceptors (Lipinski definition) is 4. The lowest BCUT2D eigenvalue weighted by Gasteiger charge is -2.24. The largest absolute Gasteiger partial charge is 0.444 e. The fourth-order valence-electron chi connectivity index (χ4n) is 2.24. The van der Waals surface area contributed by atoms with Crippen LogP contribution in [-0.4, -0.2) is 59.5 Å². The minimum absolute atomic E-state index is 0.334. The Morgan fingerprint density at radius 2 is 1.96 bits per heavy atom. The van der Waals surface area contributed by atoms with Gasteiger partial charge in [-0.25, -0.2) is 4.79 Å². The molecular formula is C17H32N6O2. The fourth-order valence-corrected chi connectivity index (χ4v) is 2.24. The molecule has 0 saturated carbocycles. The van der Waals surface area contributed by atoms with E-state index in [1.807, 2.05) is 46.3 Å². The van der Waals surface area contributed by atoms with E-state index in [2.05, 4.69) is 20.7 Å². The first-order valence-electron chi connectivity index (χ1n) is 8.43. The fraction of sp³-hybridized carbons (Fsp3) is 0.706. The molecule has 25 heavy (non-hydrogen) atoms. The predicted octanol–water partition coefficient (Wildman–Crippen LogP) is 1.57. The smallest absolute Gasteiger partial charge is 0.410 e. The van der Waals surface area contributed by atoms with Crippen molar-refractivity contribution in [3.63, 3.8) is 0 Å². The Bertz CT molecular complexity index is 615. The molecular weight excluding hydrogens is 320 g/mol. The summed E-state index contributed by atoms with van der Waals surface area (Å²) >= 11 is 0. The third kappa shape index (κ3) is 6.64. The number of carbonyl (C=O) groups excluding carboxylic acids is 1. The zero-order chi connectivity index (χ0) is 19.2. The molecule has 0 saturated heterocycles. The molecule has 0 fully saturated rings. The van der Waals surface area contributed by atoms with Gasteiger partial charge in [-0.15, -0.1) is 0 Å². The van der Waals surface area contributed by atoms with E-state index in [4.69, 9.17) is 4.74 Å². The van der Waals surface area contributed by atoms with Crippen molar-refractivity contribution >= 4 is 12.1 Å². The molecule has 0 aliphatic carbocycles. The number of hydrogen-bond donors (Lipinski definition) is 2. The Labute approximate surface area is 150 Å². The molecule has 1 amide bonds. The SMILES string of the molecule is CN=C(NCCN(C)C(=O)OC(C)(C)C)NCc1c(C)nn(C)c1C. The Balaban J connectivity index is 2.43. The van der Waals surface area contributed by atoms with Crippen molar-refractivity contribution in [2.24, 2.45) is 12.0 Å². The van der Waals surface area contributed by atoms with Crippen LogP contribution in [-0.2, 0) is 18.3 Å². The number of nitrogens with one attached hydrogen (secondary N) is 2. The van der Waals surface area contributed by atoms with Crippen LogP contribution in [0.5, 0.6) is 0 Å². The lowest BCUT2D eigenvalue weighted by molar-refractivity contribution is 0.0302. The van der Waals surface area contributed by atoms with Crippen LogP contribution >= 0.6 is 0 Å². The van der Waals surface area contributed by atoms with E-state index in [1.165, 1.54) is 0 Å². The second-order valence-corrected chi connectivity index (χ2v) is 7.03. The number of likely N-dealkylation sites (N-methyl/N-ethyl adjacent to an activating group) is 1. The van der Waals surface area contributed by atoms with Crippen LogP contribution in [0.3, 0.4) is 0 Å². The first kappa shape index (κ1) is 20.8. The summed E-state index contributed by atoms with van der Waals surface area (Å²) in [5.74, 6) is 0.681. The van der Waals surface area contributed by atoms with Crippen LogP contribution in [0.2, 0.25) is 0 Å². The maximum atomic E-state index is 11.9. The average molecular weight is 352 g/mol. The second kappa shape index (κ2) is 8.73. The zero-order valence-corrected chi connectivity index (χ0v) is 16.7. The number of aliphatic imine (C=N–C) groups is 1. The Morgan fingerprint density at radius 1 is 1.32 bits per heavy atom. The van der Waals surface area contributed by atoms with E-state index in [-0.39, 0.29) is 6.09 Å². The van der Waals surface area contributed by atoms with Crippen LogP contribution < -0.4 is 10.6 Å². The Hall–Kier alpha value is -2.25. The average Bonchev–Trinajstić information content (AvgIpc) is 2.74. The van der Waals surface area contributed by atoms with Gasteiger partial charge >= 0.3 is 6.09 Å². The van der Waals surface area contributed by atoms with Crippen LogP contribution in [0.4, 0.5) is 4.79 Å². The van der Waals surface area contributed by atoms with Gasteiger partial charge < -0.3 is 20.3 Å². The van der Waals surface area contributed by atoms with Gasteiger partial charge in [-0.3, -0.25) is 9.67 Å². The van der Waals surface area contributed by atoms with Gasteiger partial charge in [0.25, 0.3) is 0 Å². The van der Waals surface area contributed by atoms with E-state index in [1.54, 1.807) is 19.0 Å². The first-order valence-corrected chi connectivity index (χ1v) is 8.43. The monoisotopic (exact) mass is 352 g/mol. The zero-order valence-electron chi connectivity index (χ0n) is 16.7. The summed E-state index contributed by atoms with van der Waals surface area (Å²) in [4.78, 5) is 17.7. The van der Waals surface area contributed by atoms with E-state index < -0.39 is 5.60 Å². The van der Waals surface area contributed by atoms with Crippen molar-refractivity contribution in [3.05, 3.63) is 17.0 Å². The highest BCUT2D eigenvalue weighted by Crippen LogP contribution is 2.11. The third-order valence-electron chi connectivity index (χ3n) is 3.76. The first-order chi connectivity index (χ1) is 11.5. The molecule has 0 spiro atoms. The van der Waals surface area contributed by atoms with E-state index in [9.17, 15) is 4.79 Å². The Kier molecular flexibility index (Phi) is 7.26. The highest BCUT2D eigenvalue weighted by molar-refractivity contribution is 5.79. The van der Waals surface area contributed by atoms with Gasteiger partial charge in [0, 0.05) is 52.0 Å². The summed E-state index contributed by atoms with van der Waals surface area (Å²) in [6.45, 7) is 11.3. The van der Waals surface area contributed by atoms with Crippen LogP contribution in [0.15, 0.2) is 4.99 Å². The molecule has 0 radical (unpaired) electrons. The minimum Gasteiger partial charge on any atom is -0.444 e. The van der Waals surface area contributed by atoms with Crippen molar-refractivity contribution in [2.75, 3.05) is 27.2 Å². The molecule has 142 valence electrons. The van der Waals surface area contributed by atoms with Gasteiger partial charge in [0.1, 0.15) is 5.60 Å². The maximum absolute atomic E-state index is 11.9. The number of guanidine groups is 1. The summed E-state index contributed by atoms with van der Waals surface area (Å²) in [6.07, 6.45) is -0.334. The lowest BCUT2D eigenvalue weighted by Crippen LogP contribution is -2.43. The van der Waals surface area contributed by atoms with Crippen molar-refractivity contribution < 1.29 is 9.53 Å². The molecule has 0 atom stereocenters. The summed E-state index contributed by atoms with van der Waals surface area (Å²) in [6, 6.07) is 0. The normalized spacial score (nSPS) is 12.1. The molecule has 1 heterocycles. The van der Waals surface area contributed by atoms with Crippen molar-refractivity contribution in [1.82, 2.24) is 25.3 Å². The number of rotatable bonds is 5. The quantitative estimate of drug-likeness (QED) is 0.621.